The van der Waals surface area contributed by atoms with Crippen molar-refractivity contribution in [3.8, 4) is 11.4 Å². The van der Waals surface area contributed by atoms with Gasteiger partial charge < -0.3 is 20.6 Å². The molecule has 0 aliphatic carbocycles. The van der Waals surface area contributed by atoms with Crippen LogP contribution in [0.4, 0.5) is 22.9 Å². The molecular weight excluding hydrogens is 494 g/mol. The lowest BCUT2D eigenvalue weighted by atomic mass is 10.1. The molecule has 0 radical (unpaired) electrons. The van der Waals surface area contributed by atoms with E-state index in [9.17, 15) is 9.59 Å². The van der Waals surface area contributed by atoms with Crippen molar-refractivity contribution in [1.29, 1.82) is 0 Å². The Morgan fingerprint density at radius 3 is 2.41 bits per heavy atom. The minimum atomic E-state index is -0.995. The van der Waals surface area contributed by atoms with Crippen LogP contribution in [0.1, 0.15) is 33.2 Å². The van der Waals surface area contributed by atoms with Crippen LogP contribution in [0.2, 0.25) is 0 Å². The maximum atomic E-state index is 13.0. The Kier molecular flexibility index (Phi) is 6.92. The minimum absolute atomic E-state index is 0.189. The van der Waals surface area contributed by atoms with Crippen LogP contribution < -0.4 is 15.5 Å². The van der Waals surface area contributed by atoms with Gasteiger partial charge in [-0.15, -0.1) is 5.10 Å². The van der Waals surface area contributed by atoms with Gasteiger partial charge in [-0.25, -0.2) is 19.3 Å². The zero-order valence-electron chi connectivity index (χ0n) is 21.7. The number of fused-ring (bicyclic) bond motifs is 1. The van der Waals surface area contributed by atoms with Crippen LogP contribution in [0.5, 0.6) is 0 Å². The molecule has 0 bridgehead atoms. The maximum Gasteiger partial charge on any atom is 0.335 e. The smallest absolute Gasteiger partial charge is 0.335 e. The topological polar surface area (TPSA) is 125 Å². The van der Waals surface area contributed by atoms with Gasteiger partial charge in [0.25, 0.3) is 5.91 Å². The number of hydrogen-bond donors (Lipinski definition) is 3. The molecule has 0 saturated carbocycles. The standard InChI is InChI=1S/C29H27N7O3/c1-4-35(3)22-14-10-19(11-15-22)28(37)32-24-7-5-6-23(18(24)2)25-33-26(27-30-16-17-36(27)34-25)31-21-12-8-20(9-13-21)29(38)39/h5-17H,4H2,1-3H3,(H,32,37)(H,38,39)(H,31,33,34). The number of rotatable bonds is 8. The second-order valence-corrected chi connectivity index (χ2v) is 8.98. The summed E-state index contributed by atoms with van der Waals surface area (Å²) >= 11 is 0. The fraction of sp³-hybridized carbons (Fsp3) is 0.138. The molecule has 3 aromatic carbocycles. The summed E-state index contributed by atoms with van der Waals surface area (Å²) < 4.78 is 1.62. The second-order valence-electron chi connectivity index (χ2n) is 8.98. The normalized spacial score (nSPS) is 10.8. The van der Waals surface area contributed by atoms with Crippen molar-refractivity contribution >= 4 is 40.4 Å². The van der Waals surface area contributed by atoms with E-state index in [1.54, 1.807) is 29.0 Å². The second kappa shape index (κ2) is 10.6. The van der Waals surface area contributed by atoms with Gasteiger partial charge in [0.2, 0.25) is 0 Å². The Balaban J connectivity index is 1.44. The molecule has 0 unspecified atom stereocenters. The SMILES string of the molecule is CCN(C)c1ccc(C(=O)Nc2cccc(-c3nc(Nc4ccc(C(=O)O)cc4)c4nccn4n3)c2C)cc1. The number of anilines is 4. The molecule has 5 aromatic rings. The first-order valence-electron chi connectivity index (χ1n) is 12.4. The summed E-state index contributed by atoms with van der Waals surface area (Å²) in [6, 6.07) is 19.4. The lowest BCUT2D eigenvalue weighted by Crippen LogP contribution is -2.16. The average Bonchev–Trinajstić information content (AvgIpc) is 3.43. The molecule has 5 rings (SSSR count). The highest BCUT2D eigenvalue weighted by Gasteiger charge is 2.16. The van der Waals surface area contributed by atoms with Crippen LogP contribution in [0.15, 0.2) is 79.1 Å². The van der Waals surface area contributed by atoms with E-state index in [0.29, 0.717) is 34.2 Å². The predicted molar refractivity (Wildman–Crippen MR) is 151 cm³/mol. The zero-order valence-corrected chi connectivity index (χ0v) is 21.7. The molecule has 2 heterocycles. The Bertz CT molecular complexity index is 1660. The van der Waals surface area contributed by atoms with Crippen molar-refractivity contribution in [2.24, 2.45) is 0 Å². The zero-order chi connectivity index (χ0) is 27.5. The van der Waals surface area contributed by atoms with Gasteiger partial charge in [-0.2, -0.15) is 0 Å². The summed E-state index contributed by atoms with van der Waals surface area (Å²) in [6.45, 7) is 4.85. The third kappa shape index (κ3) is 5.26. The van der Waals surface area contributed by atoms with Crippen molar-refractivity contribution in [3.63, 3.8) is 0 Å². The Morgan fingerprint density at radius 2 is 1.72 bits per heavy atom. The van der Waals surface area contributed by atoms with Gasteiger partial charge in [-0.3, -0.25) is 4.79 Å². The van der Waals surface area contributed by atoms with Gasteiger partial charge in [0.15, 0.2) is 17.3 Å². The average molecular weight is 522 g/mol. The van der Waals surface area contributed by atoms with Crippen molar-refractivity contribution in [1.82, 2.24) is 19.6 Å². The number of aromatic nitrogens is 4. The van der Waals surface area contributed by atoms with Crippen LogP contribution in [0.3, 0.4) is 0 Å². The van der Waals surface area contributed by atoms with Crippen LogP contribution in [-0.4, -0.2) is 50.2 Å². The molecule has 39 heavy (non-hydrogen) atoms. The number of carbonyl (C=O) groups excluding carboxylic acids is 1. The van der Waals surface area contributed by atoms with Gasteiger partial charge in [0, 0.05) is 54.2 Å². The highest BCUT2D eigenvalue weighted by molar-refractivity contribution is 6.05. The number of imidazole rings is 1. The Morgan fingerprint density at radius 1 is 1.00 bits per heavy atom. The molecule has 196 valence electrons. The first kappa shape index (κ1) is 25.4. The van der Waals surface area contributed by atoms with Crippen molar-refractivity contribution in [3.05, 3.63) is 95.8 Å². The number of carboxylic acid groups (broad SMARTS) is 1. The molecule has 0 saturated heterocycles. The van der Waals surface area contributed by atoms with E-state index in [4.69, 9.17) is 10.1 Å². The summed E-state index contributed by atoms with van der Waals surface area (Å²) in [5.74, 6) is -0.311. The van der Waals surface area contributed by atoms with Gasteiger partial charge in [0.1, 0.15) is 0 Å². The number of benzene rings is 3. The molecule has 10 heteroatoms. The van der Waals surface area contributed by atoms with Crippen LogP contribution >= 0.6 is 0 Å². The molecule has 2 aromatic heterocycles. The van der Waals surface area contributed by atoms with Crippen molar-refractivity contribution in [2.45, 2.75) is 13.8 Å². The predicted octanol–water partition coefficient (Wildman–Crippen LogP) is 5.25. The van der Waals surface area contributed by atoms with E-state index in [2.05, 4.69) is 32.5 Å². The Hall–Kier alpha value is -5.25. The molecular formula is C29H27N7O3. The highest BCUT2D eigenvalue weighted by Crippen LogP contribution is 2.29. The summed E-state index contributed by atoms with van der Waals surface area (Å²) in [6.07, 6.45) is 3.35. The van der Waals surface area contributed by atoms with Crippen molar-refractivity contribution in [2.75, 3.05) is 29.1 Å². The molecule has 10 nitrogen and oxygen atoms in total. The first-order valence-corrected chi connectivity index (χ1v) is 12.4. The fourth-order valence-corrected chi connectivity index (χ4v) is 4.12. The minimum Gasteiger partial charge on any atom is -0.478 e. The Labute approximate surface area is 225 Å². The monoisotopic (exact) mass is 521 g/mol. The quantitative estimate of drug-likeness (QED) is 0.253. The van der Waals surface area contributed by atoms with E-state index >= 15 is 0 Å². The molecule has 0 fully saturated rings. The van der Waals surface area contributed by atoms with E-state index < -0.39 is 5.97 Å². The van der Waals surface area contributed by atoms with Crippen molar-refractivity contribution < 1.29 is 14.7 Å². The summed E-state index contributed by atoms with van der Waals surface area (Å²) in [4.78, 5) is 35.4. The summed E-state index contributed by atoms with van der Waals surface area (Å²) in [7, 11) is 2.00. The lowest BCUT2D eigenvalue weighted by Gasteiger charge is -2.17. The van der Waals surface area contributed by atoms with E-state index in [1.807, 2.05) is 56.4 Å². The number of carbonyl (C=O) groups is 2. The molecule has 0 atom stereocenters. The molecule has 0 aliphatic heterocycles. The highest BCUT2D eigenvalue weighted by atomic mass is 16.4. The summed E-state index contributed by atoms with van der Waals surface area (Å²) in [5.41, 5.74) is 5.17. The number of nitrogens with zero attached hydrogens (tertiary/aromatic N) is 5. The fourth-order valence-electron chi connectivity index (χ4n) is 4.12. The van der Waals surface area contributed by atoms with Gasteiger partial charge in [-0.1, -0.05) is 12.1 Å². The number of hydrogen-bond acceptors (Lipinski definition) is 7. The van der Waals surface area contributed by atoms with E-state index in [0.717, 1.165) is 23.4 Å². The third-order valence-corrected chi connectivity index (χ3v) is 6.52. The molecule has 1 amide bonds. The third-order valence-electron chi connectivity index (χ3n) is 6.52. The molecule has 0 aliphatic rings. The largest absolute Gasteiger partial charge is 0.478 e. The maximum absolute atomic E-state index is 13.0. The number of carboxylic acids is 1. The van der Waals surface area contributed by atoms with E-state index in [1.165, 1.54) is 12.1 Å². The first-order chi connectivity index (χ1) is 18.8. The number of nitrogens with one attached hydrogen (secondary N) is 2. The van der Waals surface area contributed by atoms with E-state index in [-0.39, 0.29) is 11.5 Å². The molecule has 3 N–H and O–H groups in total. The number of aromatic carboxylic acids is 1. The van der Waals surface area contributed by atoms with Crippen LogP contribution in [-0.2, 0) is 0 Å². The lowest BCUT2D eigenvalue weighted by molar-refractivity contribution is 0.0696. The number of amides is 1. The van der Waals surface area contributed by atoms with Gasteiger partial charge >= 0.3 is 5.97 Å². The van der Waals surface area contributed by atoms with Gasteiger partial charge in [-0.05, 0) is 74.0 Å². The van der Waals surface area contributed by atoms with Crippen LogP contribution in [0.25, 0.3) is 17.0 Å². The van der Waals surface area contributed by atoms with Gasteiger partial charge in [0.05, 0.1) is 5.56 Å². The van der Waals surface area contributed by atoms with Crippen LogP contribution in [0, 0.1) is 6.92 Å². The molecule has 0 spiro atoms. The summed E-state index contributed by atoms with van der Waals surface area (Å²) in [5, 5.41) is 20.0.